The molecule has 148 valence electrons. The first kappa shape index (κ1) is 19.4. The number of esters is 1. The molecule has 0 aliphatic heterocycles. The average Bonchev–Trinajstić information content (AvgIpc) is 3.06. The van der Waals surface area contributed by atoms with E-state index >= 15 is 0 Å². The van der Waals surface area contributed by atoms with Gasteiger partial charge in [0.1, 0.15) is 11.4 Å². The molecule has 0 radical (unpaired) electrons. The lowest BCUT2D eigenvalue weighted by atomic mass is 10.0. The Morgan fingerprint density at radius 3 is 2.29 bits per heavy atom. The zero-order chi connectivity index (χ0) is 20.3. The van der Waals surface area contributed by atoms with E-state index in [0.717, 1.165) is 22.0 Å². The molecule has 1 aromatic heterocycles. The van der Waals surface area contributed by atoms with Gasteiger partial charge >= 0.3 is 5.97 Å². The lowest BCUT2D eigenvalue weighted by Crippen LogP contribution is -2.08. The van der Waals surface area contributed by atoms with Gasteiger partial charge in [0.05, 0.1) is 27.9 Å². The van der Waals surface area contributed by atoms with Crippen molar-refractivity contribution in [3.05, 3.63) is 47.2 Å². The topological polar surface area (TPSA) is 90.0 Å². The van der Waals surface area contributed by atoms with E-state index in [1.807, 2.05) is 18.2 Å². The van der Waals surface area contributed by atoms with Crippen LogP contribution in [0.3, 0.4) is 0 Å². The zero-order valence-electron chi connectivity index (χ0n) is 16.3. The van der Waals surface area contributed by atoms with Gasteiger partial charge in [0.15, 0.2) is 11.5 Å². The van der Waals surface area contributed by atoms with Crippen LogP contribution in [0.25, 0.3) is 10.9 Å². The van der Waals surface area contributed by atoms with E-state index in [1.54, 1.807) is 26.2 Å². The molecule has 0 atom stereocenters. The molecular weight excluding hydrogens is 362 g/mol. The molecule has 0 aliphatic carbocycles. The Hall–Kier alpha value is -3.35. The molecule has 0 unspecified atom stereocenters. The molecule has 2 aromatic carbocycles. The normalized spacial score (nSPS) is 10.7. The van der Waals surface area contributed by atoms with Crippen LogP contribution in [0, 0.1) is 0 Å². The second-order valence-corrected chi connectivity index (χ2v) is 6.14. The van der Waals surface area contributed by atoms with Gasteiger partial charge < -0.3 is 29.0 Å². The number of aromatic hydroxyl groups is 1. The number of rotatable bonds is 7. The maximum Gasteiger partial charge on any atom is 0.355 e. The van der Waals surface area contributed by atoms with Crippen LogP contribution in [-0.4, -0.2) is 44.0 Å². The third-order valence-corrected chi connectivity index (χ3v) is 4.51. The Morgan fingerprint density at radius 2 is 1.71 bits per heavy atom. The first-order valence-electron chi connectivity index (χ1n) is 8.81. The summed E-state index contributed by atoms with van der Waals surface area (Å²) >= 11 is 0. The molecule has 1 heterocycles. The van der Waals surface area contributed by atoms with Gasteiger partial charge in [-0.2, -0.15) is 0 Å². The molecule has 0 bridgehead atoms. The molecule has 28 heavy (non-hydrogen) atoms. The molecule has 2 N–H and O–H groups in total. The third-order valence-electron chi connectivity index (χ3n) is 4.51. The number of carbonyl (C=O) groups excluding carboxylic acids is 1. The molecule has 0 aliphatic rings. The number of benzene rings is 2. The fourth-order valence-corrected chi connectivity index (χ4v) is 3.17. The zero-order valence-corrected chi connectivity index (χ0v) is 16.3. The van der Waals surface area contributed by atoms with E-state index in [9.17, 15) is 9.90 Å². The molecule has 0 amide bonds. The highest BCUT2D eigenvalue weighted by Gasteiger charge is 2.21. The summed E-state index contributed by atoms with van der Waals surface area (Å²) in [6.45, 7) is 2.04. The predicted molar refractivity (Wildman–Crippen MR) is 105 cm³/mol. The summed E-state index contributed by atoms with van der Waals surface area (Å²) in [6, 6.07) is 8.99. The van der Waals surface area contributed by atoms with Crippen LogP contribution in [0.2, 0.25) is 0 Å². The standard InChI is InChI=1S/C21H23NO6/c1-5-28-21(24)19-15(14-11-13(25-2)6-7-16(14)22-19)8-12-9-17(26-3)20(23)18(10-12)27-4/h6-7,9-11,22-23H,5,8H2,1-4H3. The number of carbonyl (C=O) groups is 1. The summed E-state index contributed by atoms with van der Waals surface area (Å²) in [7, 11) is 4.53. The first-order valence-corrected chi connectivity index (χ1v) is 8.81. The van der Waals surface area contributed by atoms with E-state index in [0.29, 0.717) is 29.4 Å². The number of hydrogen-bond donors (Lipinski definition) is 2. The molecule has 3 aromatic rings. The Morgan fingerprint density at radius 1 is 1.04 bits per heavy atom. The fourth-order valence-electron chi connectivity index (χ4n) is 3.17. The summed E-state index contributed by atoms with van der Waals surface area (Å²) in [5, 5.41) is 11.0. The van der Waals surface area contributed by atoms with E-state index in [2.05, 4.69) is 4.98 Å². The highest BCUT2D eigenvalue weighted by molar-refractivity contribution is 5.99. The van der Waals surface area contributed by atoms with Gasteiger partial charge in [0.2, 0.25) is 5.75 Å². The lowest BCUT2D eigenvalue weighted by molar-refractivity contribution is 0.0519. The van der Waals surface area contributed by atoms with Crippen molar-refractivity contribution in [1.29, 1.82) is 0 Å². The number of aromatic amines is 1. The van der Waals surface area contributed by atoms with Gasteiger partial charge in [-0.15, -0.1) is 0 Å². The van der Waals surface area contributed by atoms with Gasteiger partial charge in [-0.25, -0.2) is 4.79 Å². The van der Waals surface area contributed by atoms with Crippen molar-refractivity contribution in [1.82, 2.24) is 4.98 Å². The van der Waals surface area contributed by atoms with Gasteiger partial charge in [0.25, 0.3) is 0 Å². The highest BCUT2D eigenvalue weighted by Crippen LogP contribution is 2.38. The summed E-state index contributed by atoms with van der Waals surface area (Å²) < 4.78 is 21.0. The third kappa shape index (κ3) is 3.55. The second-order valence-electron chi connectivity index (χ2n) is 6.14. The number of hydrogen-bond acceptors (Lipinski definition) is 6. The summed E-state index contributed by atoms with van der Waals surface area (Å²) in [6.07, 6.45) is 0.397. The molecule has 0 saturated carbocycles. The average molecular weight is 385 g/mol. The van der Waals surface area contributed by atoms with Crippen LogP contribution in [0.1, 0.15) is 28.5 Å². The maximum absolute atomic E-state index is 12.5. The Bertz CT molecular complexity index is 983. The van der Waals surface area contributed by atoms with Gasteiger partial charge in [-0.3, -0.25) is 0 Å². The van der Waals surface area contributed by atoms with Crippen molar-refractivity contribution in [2.24, 2.45) is 0 Å². The number of phenols is 1. The number of methoxy groups -OCH3 is 3. The fraction of sp³-hybridized carbons (Fsp3) is 0.286. The van der Waals surface area contributed by atoms with E-state index < -0.39 is 5.97 Å². The number of nitrogens with one attached hydrogen (secondary N) is 1. The largest absolute Gasteiger partial charge is 0.502 e. The predicted octanol–water partition coefficient (Wildman–Crippen LogP) is 3.67. The van der Waals surface area contributed by atoms with Crippen molar-refractivity contribution in [2.75, 3.05) is 27.9 Å². The molecular formula is C21H23NO6. The first-order chi connectivity index (χ1) is 13.5. The van der Waals surface area contributed by atoms with Gasteiger partial charge in [0, 0.05) is 17.3 Å². The van der Waals surface area contributed by atoms with Crippen molar-refractivity contribution in [3.63, 3.8) is 0 Å². The number of ether oxygens (including phenoxy) is 4. The van der Waals surface area contributed by atoms with E-state index in [-0.39, 0.29) is 12.4 Å². The molecule has 3 rings (SSSR count). The summed E-state index contributed by atoms with van der Waals surface area (Å²) in [4.78, 5) is 15.7. The van der Waals surface area contributed by atoms with Crippen LogP contribution in [0.15, 0.2) is 30.3 Å². The number of aromatic nitrogens is 1. The maximum atomic E-state index is 12.5. The van der Waals surface area contributed by atoms with Crippen LogP contribution in [-0.2, 0) is 11.2 Å². The van der Waals surface area contributed by atoms with Crippen LogP contribution in [0.5, 0.6) is 23.0 Å². The smallest absolute Gasteiger partial charge is 0.355 e. The van der Waals surface area contributed by atoms with Crippen LogP contribution < -0.4 is 14.2 Å². The summed E-state index contributed by atoms with van der Waals surface area (Å²) in [5.41, 5.74) is 2.76. The number of fused-ring (bicyclic) bond motifs is 1. The quantitative estimate of drug-likeness (QED) is 0.603. The second kappa shape index (κ2) is 8.12. The minimum absolute atomic E-state index is 0.0695. The van der Waals surface area contributed by atoms with Crippen molar-refractivity contribution in [2.45, 2.75) is 13.3 Å². The van der Waals surface area contributed by atoms with Crippen LogP contribution in [0.4, 0.5) is 0 Å². The minimum Gasteiger partial charge on any atom is -0.502 e. The van der Waals surface area contributed by atoms with Crippen molar-refractivity contribution in [3.8, 4) is 23.0 Å². The Kier molecular flexibility index (Phi) is 5.63. The molecule has 7 heteroatoms. The van der Waals surface area contributed by atoms with Crippen molar-refractivity contribution >= 4 is 16.9 Å². The molecule has 0 saturated heterocycles. The summed E-state index contributed by atoms with van der Waals surface area (Å²) in [5.74, 6) is 0.781. The van der Waals surface area contributed by atoms with Gasteiger partial charge in [-0.1, -0.05) is 0 Å². The van der Waals surface area contributed by atoms with E-state index in [1.165, 1.54) is 14.2 Å². The Balaban J connectivity index is 2.15. The van der Waals surface area contributed by atoms with Crippen LogP contribution >= 0.6 is 0 Å². The molecule has 0 spiro atoms. The highest BCUT2D eigenvalue weighted by atomic mass is 16.5. The van der Waals surface area contributed by atoms with Gasteiger partial charge in [-0.05, 0) is 48.4 Å². The SMILES string of the molecule is CCOC(=O)c1[nH]c2ccc(OC)cc2c1Cc1cc(OC)c(O)c(OC)c1. The van der Waals surface area contributed by atoms with Crippen molar-refractivity contribution < 1.29 is 28.8 Å². The minimum atomic E-state index is -0.426. The van der Waals surface area contributed by atoms with E-state index in [4.69, 9.17) is 18.9 Å². The molecule has 0 fully saturated rings. The molecule has 7 nitrogen and oxygen atoms in total. The number of phenolic OH excluding ortho intramolecular Hbond substituents is 1. The number of H-pyrrole nitrogens is 1. The Labute approximate surface area is 162 Å². The lowest BCUT2D eigenvalue weighted by Gasteiger charge is -2.12. The monoisotopic (exact) mass is 385 g/mol.